The van der Waals surface area contributed by atoms with E-state index in [1.54, 1.807) is 6.07 Å². The Bertz CT molecular complexity index is 500. The Morgan fingerprint density at radius 3 is 2.52 bits per heavy atom. The van der Waals surface area contributed by atoms with Crippen LogP contribution in [0, 0.1) is 10.1 Å². The van der Waals surface area contributed by atoms with Crippen LogP contribution in [0.3, 0.4) is 0 Å². The molecule has 0 saturated heterocycles. The number of aliphatic hydroxyl groups is 1. The summed E-state index contributed by atoms with van der Waals surface area (Å²) in [6.07, 6.45) is 6.27. The molecule has 6 heteroatoms. The lowest BCUT2D eigenvalue weighted by molar-refractivity contribution is -0.384. The fourth-order valence-corrected chi connectivity index (χ4v) is 3.29. The molecule has 0 unspecified atom stereocenters. The predicted octanol–water partition coefficient (Wildman–Crippen LogP) is 3.53. The first kappa shape index (κ1) is 16.4. The molecule has 2 rings (SSSR count). The highest BCUT2D eigenvalue weighted by Crippen LogP contribution is 2.27. The summed E-state index contributed by atoms with van der Waals surface area (Å²) in [6, 6.07) is 4.76. The summed E-state index contributed by atoms with van der Waals surface area (Å²) in [5, 5.41) is 24.5. The third kappa shape index (κ3) is 4.76. The van der Waals surface area contributed by atoms with Gasteiger partial charge in [0, 0.05) is 29.7 Å². The number of non-ortho nitro benzene ring substituents is 1. The average Bonchev–Trinajstić information content (AvgIpc) is 2.65. The van der Waals surface area contributed by atoms with Crippen LogP contribution in [-0.2, 0) is 6.54 Å². The van der Waals surface area contributed by atoms with Gasteiger partial charge in [0.15, 0.2) is 0 Å². The van der Waals surface area contributed by atoms with Crippen molar-refractivity contribution in [2.24, 2.45) is 0 Å². The van der Waals surface area contributed by atoms with Crippen LogP contribution in [0.25, 0.3) is 0 Å². The minimum absolute atomic E-state index is 0.0769. The summed E-state index contributed by atoms with van der Waals surface area (Å²) in [5.74, 6) is 0. The van der Waals surface area contributed by atoms with Crippen molar-refractivity contribution >= 4 is 21.6 Å². The number of hydrogen-bond acceptors (Lipinski definition) is 4. The second-order valence-corrected chi connectivity index (χ2v) is 6.63. The van der Waals surface area contributed by atoms with Crippen molar-refractivity contribution in [1.82, 2.24) is 5.32 Å². The molecule has 0 atom stereocenters. The van der Waals surface area contributed by atoms with E-state index in [2.05, 4.69) is 21.2 Å². The molecule has 1 aliphatic rings. The third-order valence-electron chi connectivity index (χ3n) is 4.05. The Hall–Kier alpha value is -0.980. The van der Waals surface area contributed by atoms with E-state index in [1.807, 2.05) is 0 Å². The highest BCUT2D eigenvalue weighted by molar-refractivity contribution is 9.10. The van der Waals surface area contributed by atoms with Crippen molar-refractivity contribution in [3.05, 3.63) is 38.3 Å². The van der Waals surface area contributed by atoms with E-state index >= 15 is 0 Å². The van der Waals surface area contributed by atoms with Gasteiger partial charge in [-0.3, -0.25) is 10.1 Å². The van der Waals surface area contributed by atoms with Crippen LogP contribution >= 0.6 is 15.9 Å². The van der Waals surface area contributed by atoms with Crippen molar-refractivity contribution in [3.8, 4) is 0 Å². The van der Waals surface area contributed by atoms with Crippen molar-refractivity contribution in [3.63, 3.8) is 0 Å². The molecule has 0 bridgehead atoms. The van der Waals surface area contributed by atoms with Gasteiger partial charge in [-0.2, -0.15) is 0 Å². The lowest BCUT2D eigenvalue weighted by atomic mass is 9.94. The lowest BCUT2D eigenvalue weighted by Gasteiger charge is -2.27. The molecular formula is C15H21BrN2O3. The van der Waals surface area contributed by atoms with Gasteiger partial charge in [-0.15, -0.1) is 0 Å². The molecule has 1 saturated carbocycles. The molecule has 1 aromatic carbocycles. The average molecular weight is 357 g/mol. The summed E-state index contributed by atoms with van der Waals surface area (Å²) in [4.78, 5) is 10.3. The van der Waals surface area contributed by atoms with Crippen molar-refractivity contribution in [2.75, 3.05) is 6.54 Å². The van der Waals surface area contributed by atoms with E-state index < -0.39 is 10.5 Å². The number of nitrogens with one attached hydrogen (secondary N) is 1. The normalized spacial score (nSPS) is 18.2. The van der Waals surface area contributed by atoms with Crippen LogP contribution in [0.1, 0.15) is 44.1 Å². The highest BCUT2D eigenvalue weighted by Gasteiger charge is 2.27. The van der Waals surface area contributed by atoms with Gasteiger partial charge >= 0.3 is 0 Å². The maximum atomic E-state index is 10.7. The molecule has 0 amide bonds. The molecule has 0 radical (unpaired) electrons. The van der Waals surface area contributed by atoms with Crippen molar-refractivity contribution in [1.29, 1.82) is 0 Å². The van der Waals surface area contributed by atoms with Crippen LogP contribution in [-0.4, -0.2) is 22.2 Å². The first-order valence-electron chi connectivity index (χ1n) is 7.36. The molecule has 1 fully saturated rings. The summed E-state index contributed by atoms with van der Waals surface area (Å²) >= 11 is 3.36. The largest absolute Gasteiger partial charge is 0.389 e. The van der Waals surface area contributed by atoms with Gasteiger partial charge in [-0.1, -0.05) is 41.6 Å². The number of nitro benzene ring substituents is 1. The minimum Gasteiger partial charge on any atom is -0.389 e. The highest BCUT2D eigenvalue weighted by atomic mass is 79.9. The molecule has 21 heavy (non-hydrogen) atoms. The molecule has 1 aromatic rings. The monoisotopic (exact) mass is 356 g/mol. The van der Waals surface area contributed by atoms with Gasteiger partial charge < -0.3 is 10.4 Å². The molecule has 0 aromatic heterocycles. The number of benzene rings is 1. The maximum Gasteiger partial charge on any atom is 0.270 e. The van der Waals surface area contributed by atoms with Gasteiger partial charge in [0.2, 0.25) is 0 Å². The number of hydrogen-bond donors (Lipinski definition) is 2. The van der Waals surface area contributed by atoms with Gasteiger partial charge in [0.05, 0.1) is 10.5 Å². The maximum absolute atomic E-state index is 10.7. The van der Waals surface area contributed by atoms with Crippen molar-refractivity contribution < 1.29 is 10.0 Å². The first-order chi connectivity index (χ1) is 10.0. The Morgan fingerprint density at radius 2 is 1.95 bits per heavy atom. The summed E-state index contributed by atoms with van der Waals surface area (Å²) in [6.45, 7) is 1.15. The third-order valence-corrected chi connectivity index (χ3v) is 4.79. The molecule has 0 aliphatic heterocycles. The van der Waals surface area contributed by atoms with Gasteiger partial charge in [-0.25, -0.2) is 0 Å². The Kier molecular flexibility index (Phi) is 5.72. The van der Waals surface area contributed by atoms with E-state index in [0.29, 0.717) is 13.1 Å². The molecule has 0 spiro atoms. The molecular weight excluding hydrogens is 336 g/mol. The van der Waals surface area contributed by atoms with E-state index in [9.17, 15) is 15.2 Å². The van der Waals surface area contributed by atoms with Crippen LogP contribution in [0.15, 0.2) is 22.7 Å². The predicted molar refractivity (Wildman–Crippen MR) is 85.2 cm³/mol. The zero-order valence-electron chi connectivity index (χ0n) is 12.0. The first-order valence-corrected chi connectivity index (χ1v) is 8.15. The Balaban J connectivity index is 1.89. The number of nitrogens with zero attached hydrogens (tertiary/aromatic N) is 1. The molecule has 116 valence electrons. The van der Waals surface area contributed by atoms with Gasteiger partial charge in [0.25, 0.3) is 5.69 Å². The van der Waals surface area contributed by atoms with Crippen LogP contribution in [0.5, 0.6) is 0 Å². The molecule has 2 N–H and O–H groups in total. The van der Waals surface area contributed by atoms with E-state index in [-0.39, 0.29) is 5.69 Å². The SMILES string of the molecule is O=[N+]([O-])c1ccc(CNCC2(O)CCCCCC2)c(Br)c1. The fourth-order valence-electron chi connectivity index (χ4n) is 2.79. The summed E-state index contributed by atoms with van der Waals surface area (Å²) < 4.78 is 0.719. The van der Waals surface area contributed by atoms with E-state index in [1.165, 1.54) is 25.0 Å². The standard InChI is InChI=1S/C15H21BrN2O3/c16-14-9-13(18(20)21)6-5-12(14)10-17-11-15(19)7-3-1-2-4-8-15/h5-6,9,17,19H,1-4,7-8,10-11H2. The molecule has 1 aliphatic carbocycles. The zero-order chi connectivity index (χ0) is 15.3. The van der Waals surface area contributed by atoms with Crippen LogP contribution < -0.4 is 5.32 Å². The zero-order valence-corrected chi connectivity index (χ0v) is 13.6. The minimum atomic E-state index is -0.607. The quantitative estimate of drug-likeness (QED) is 0.480. The lowest BCUT2D eigenvalue weighted by Crippen LogP contribution is -2.39. The Labute approximate surface area is 133 Å². The second-order valence-electron chi connectivity index (χ2n) is 5.77. The van der Waals surface area contributed by atoms with Crippen molar-refractivity contribution in [2.45, 2.75) is 50.7 Å². The second kappa shape index (κ2) is 7.33. The Morgan fingerprint density at radius 1 is 1.29 bits per heavy atom. The summed E-state index contributed by atoms with van der Waals surface area (Å²) in [5.41, 5.74) is 0.426. The van der Waals surface area contributed by atoms with E-state index in [4.69, 9.17) is 0 Å². The van der Waals surface area contributed by atoms with Crippen LogP contribution in [0.2, 0.25) is 0 Å². The topological polar surface area (TPSA) is 75.4 Å². The molecule has 0 heterocycles. The van der Waals surface area contributed by atoms with E-state index in [0.717, 1.165) is 35.7 Å². The summed E-state index contributed by atoms with van der Waals surface area (Å²) in [7, 11) is 0. The fraction of sp³-hybridized carbons (Fsp3) is 0.600. The van der Waals surface area contributed by atoms with Gasteiger partial charge in [-0.05, 0) is 24.5 Å². The number of rotatable bonds is 5. The molecule has 5 nitrogen and oxygen atoms in total. The number of nitro groups is 1. The van der Waals surface area contributed by atoms with Gasteiger partial charge in [0.1, 0.15) is 0 Å². The number of halogens is 1. The smallest absolute Gasteiger partial charge is 0.270 e. The van der Waals surface area contributed by atoms with Crippen LogP contribution in [0.4, 0.5) is 5.69 Å².